The number of amides is 2. The van der Waals surface area contributed by atoms with Crippen molar-refractivity contribution in [1.29, 1.82) is 0 Å². The number of nitrogens with one attached hydrogen (secondary N) is 2. The zero-order valence-electron chi connectivity index (χ0n) is 12.2. The van der Waals surface area contributed by atoms with Gasteiger partial charge in [0.2, 0.25) is 0 Å². The fraction of sp³-hybridized carbons (Fsp3) is 0.500. The Kier molecular flexibility index (Phi) is 5.75. The quantitative estimate of drug-likeness (QED) is 0.438. The SMILES string of the molecule is NNC(=O)[C@H](CC1CCCCC1)NC(=O)c1ccccc1. The molecule has 1 aromatic carbocycles. The molecule has 0 aromatic heterocycles. The molecule has 1 aromatic rings. The number of hydrogen-bond donors (Lipinski definition) is 3. The van der Waals surface area contributed by atoms with Crippen LogP contribution >= 0.6 is 0 Å². The third kappa shape index (κ3) is 4.56. The van der Waals surface area contributed by atoms with E-state index in [1.165, 1.54) is 19.3 Å². The van der Waals surface area contributed by atoms with E-state index in [4.69, 9.17) is 5.84 Å². The summed E-state index contributed by atoms with van der Waals surface area (Å²) in [5.74, 6) is 5.16. The van der Waals surface area contributed by atoms with Crippen LogP contribution in [-0.2, 0) is 4.79 Å². The summed E-state index contributed by atoms with van der Waals surface area (Å²) < 4.78 is 0. The van der Waals surface area contributed by atoms with Gasteiger partial charge in [-0.2, -0.15) is 0 Å². The van der Waals surface area contributed by atoms with E-state index in [0.29, 0.717) is 17.9 Å². The van der Waals surface area contributed by atoms with Crippen LogP contribution in [0.5, 0.6) is 0 Å². The van der Waals surface area contributed by atoms with Crippen molar-refractivity contribution in [3.05, 3.63) is 35.9 Å². The molecule has 0 radical (unpaired) electrons. The Bertz CT molecular complexity index is 470. The normalized spacial score (nSPS) is 17.0. The van der Waals surface area contributed by atoms with Crippen LogP contribution in [0.1, 0.15) is 48.9 Å². The largest absolute Gasteiger partial charge is 0.340 e. The van der Waals surface area contributed by atoms with Gasteiger partial charge in [0.1, 0.15) is 6.04 Å². The lowest BCUT2D eigenvalue weighted by atomic mass is 9.84. The minimum Gasteiger partial charge on any atom is -0.340 e. The Labute approximate surface area is 125 Å². The Morgan fingerprint density at radius 1 is 1.14 bits per heavy atom. The predicted octanol–water partition coefficient (Wildman–Crippen LogP) is 1.75. The van der Waals surface area contributed by atoms with Crippen LogP contribution < -0.4 is 16.6 Å². The molecule has 1 fully saturated rings. The number of benzene rings is 1. The lowest BCUT2D eigenvalue weighted by Crippen LogP contribution is -2.49. The number of carbonyl (C=O) groups is 2. The summed E-state index contributed by atoms with van der Waals surface area (Å²) in [6.07, 6.45) is 6.57. The first-order valence-electron chi connectivity index (χ1n) is 7.57. The van der Waals surface area contributed by atoms with Gasteiger partial charge in [0.25, 0.3) is 11.8 Å². The van der Waals surface area contributed by atoms with E-state index >= 15 is 0 Å². The van der Waals surface area contributed by atoms with Crippen LogP contribution in [0.3, 0.4) is 0 Å². The summed E-state index contributed by atoms with van der Waals surface area (Å²) in [6, 6.07) is 8.34. The molecule has 1 saturated carbocycles. The summed E-state index contributed by atoms with van der Waals surface area (Å²) in [7, 11) is 0. The van der Waals surface area contributed by atoms with Gasteiger partial charge in [-0.15, -0.1) is 0 Å². The van der Waals surface area contributed by atoms with E-state index in [1.54, 1.807) is 24.3 Å². The van der Waals surface area contributed by atoms with Crippen LogP contribution in [0.2, 0.25) is 0 Å². The second-order valence-corrected chi connectivity index (χ2v) is 5.64. The van der Waals surface area contributed by atoms with Crippen molar-refractivity contribution in [1.82, 2.24) is 10.7 Å². The number of nitrogens with two attached hydrogens (primary N) is 1. The van der Waals surface area contributed by atoms with E-state index in [1.807, 2.05) is 6.07 Å². The monoisotopic (exact) mass is 289 g/mol. The fourth-order valence-corrected chi connectivity index (χ4v) is 2.92. The topological polar surface area (TPSA) is 84.2 Å². The predicted molar refractivity (Wildman–Crippen MR) is 81.2 cm³/mol. The molecule has 0 unspecified atom stereocenters. The van der Waals surface area contributed by atoms with Gasteiger partial charge >= 0.3 is 0 Å². The second kappa shape index (κ2) is 7.78. The molecule has 21 heavy (non-hydrogen) atoms. The second-order valence-electron chi connectivity index (χ2n) is 5.64. The molecule has 1 aliphatic carbocycles. The van der Waals surface area contributed by atoms with Gasteiger partial charge in [-0.25, -0.2) is 5.84 Å². The average molecular weight is 289 g/mol. The molecular weight excluding hydrogens is 266 g/mol. The molecule has 0 spiro atoms. The van der Waals surface area contributed by atoms with Crippen molar-refractivity contribution in [2.45, 2.75) is 44.6 Å². The average Bonchev–Trinajstić information content (AvgIpc) is 2.55. The molecule has 0 bridgehead atoms. The lowest BCUT2D eigenvalue weighted by Gasteiger charge is -2.26. The molecule has 4 N–H and O–H groups in total. The molecular formula is C16H23N3O2. The minimum absolute atomic E-state index is 0.236. The van der Waals surface area contributed by atoms with Crippen molar-refractivity contribution >= 4 is 11.8 Å². The van der Waals surface area contributed by atoms with E-state index in [9.17, 15) is 9.59 Å². The zero-order valence-corrected chi connectivity index (χ0v) is 12.2. The van der Waals surface area contributed by atoms with Crippen molar-refractivity contribution in [2.24, 2.45) is 11.8 Å². The highest BCUT2D eigenvalue weighted by molar-refractivity contribution is 5.97. The smallest absolute Gasteiger partial charge is 0.256 e. The van der Waals surface area contributed by atoms with E-state index in [0.717, 1.165) is 12.8 Å². The van der Waals surface area contributed by atoms with Gasteiger partial charge < -0.3 is 5.32 Å². The highest BCUT2D eigenvalue weighted by atomic mass is 16.2. The molecule has 0 aliphatic heterocycles. The molecule has 0 heterocycles. The van der Waals surface area contributed by atoms with E-state index in [2.05, 4.69) is 10.7 Å². The van der Waals surface area contributed by atoms with Gasteiger partial charge in [0.05, 0.1) is 0 Å². The first kappa shape index (κ1) is 15.5. The first-order chi connectivity index (χ1) is 10.2. The zero-order chi connectivity index (χ0) is 15.1. The number of rotatable bonds is 5. The maximum atomic E-state index is 12.2. The number of hydrazine groups is 1. The molecule has 1 atom stereocenters. The minimum atomic E-state index is -0.564. The Morgan fingerprint density at radius 2 is 1.81 bits per heavy atom. The summed E-state index contributed by atoms with van der Waals surface area (Å²) >= 11 is 0. The molecule has 114 valence electrons. The maximum Gasteiger partial charge on any atom is 0.256 e. The first-order valence-corrected chi connectivity index (χ1v) is 7.57. The van der Waals surface area contributed by atoms with Crippen molar-refractivity contribution in [2.75, 3.05) is 0 Å². The Morgan fingerprint density at radius 3 is 2.43 bits per heavy atom. The fourth-order valence-electron chi connectivity index (χ4n) is 2.92. The van der Waals surface area contributed by atoms with E-state index in [-0.39, 0.29) is 11.8 Å². The molecule has 0 saturated heterocycles. The van der Waals surface area contributed by atoms with Gasteiger partial charge in [-0.3, -0.25) is 15.0 Å². The molecule has 2 rings (SSSR count). The standard InChI is InChI=1S/C16H23N3O2/c17-19-16(21)14(11-12-7-3-1-4-8-12)18-15(20)13-9-5-2-6-10-13/h2,5-6,9-10,12,14H,1,3-4,7-8,11,17H2,(H,18,20)(H,19,21)/t14-/m0/s1. The Hall–Kier alpha value is -1.88. The number of hydrogen-bond acceptors (Lipinski definition) is 3. The van der Waals surface area contributed by atoms with Crippen molar-refractivity contribution in [3.8, 4) is 0 Å². The van der Waals surface area contributed by atoms with Crippen LogP contribution in [0.15, 0.2) is 30.3 Å². The van der Waals surface area contributed by atoms with Gasteiger partial charge in [0.15, 0.2) is 0 Å². The van der Waals surface area contributed by atoms with Crippen molar-refractivity contribution < 1.29 is 9.59 Å². The molecule has 5 nitrogen and oxygen atoms in total. The molecule has 1 aliphatic rings. The third-order valence-electron chi connectivity index (χ3n) is 4.09. The van der Waals surface area contributed by atoms with Crippen LogP contribution in [-0.4, -0.2) is 17.9 Å². The summed E-state index contributed by atoms with van der Waals surface area (Å²) in [6.45, 7) is 0. The number of carbonyl (C=O) groups excluding carboxylic acids is 2. The summed E-state index contributed by atoms with van der Waals surface area (Å²) in [5.41, 5.74) is 2.71. The molecule has 2 amide bonds. The van der Waals surface area contributed by atoms with Gasteiger partial charge in [-0.1, -0.05) is 50.3 Å². The van der Waals surface area contributed by atoms with Crippen LogP contribution in [0.25, 0.3) is 0 Å². The highest BCUT2D eigenvalue weighted by Gasteiger charge is 2.25. The third-order valence-corrected chi connectivity index (χ3v) is 4.09. The lowest BCUT2D eigenvalue weighted by molar-refractivity contribution is -0.123. The molecule has 5 heteroatoms. The highest BCUT2D eigenvalue weighted by Crippen LogP contribution is 2.27. The van der Waals surface area contributed by atoms with Crippen LogP contribution in [0.4, 0.5) is 0 Å². The summed E-state index contributed by atoms with van der Waals surface area (Å²) in [5, 5.41) is 2.80. The van der Waals surface area contributed by atoms with Crippen LogP contribution in [0, 0.1) is 5.92 Å². The van der Waals surface area contributed by atoms with Gasteiger partial charge in [-0.05, 0) is 24.5 Å². The Balaban J connectivity index is 1.98. The summed E-state index contributed by atoms with van der Waals surface area (Å²) in [4.78, 5) is 24.1. The van der Waals surface area contributed by atoms with E-state index < -0.39 is 6.04 Å². The van der Waals surface area contributed by atoms with Gasteiger partial charge in [0, 0.05) is 5.56 Å². The van der Waals surface area contributed by atoms with Crippen molar-refractivity contribution in [3.63, 3.8) is 0 Å². The maximum absolute atomic E-state index is 12.2.